The number of hydrogen-bond acceptors (Lipinski definition) is 4. The van der Waals surface area contributed by atoms with Crippen molar-refractivity contribution in [3.8, 4) is 0 Å². The van der Waals surface area contributed by atoms with Gasteiger partial charge in [-0.2, -0.15) is 0 Å². The van der Waals surface area contributed by atoms with Gasteiger partial charge in [-0.05, 0) is 67.1 Å². The van der Waals surface area contributed by atoms with Crippen LogP contribution in [-0.2, 0) is 22.6 Å². The number of carbonyl (C=O) groups excluding carboxylic acids is 2. The molecule has 1 saturated heterocycles. The molecule has 0 radical (unpaired) electrons. The molecule has 2 aliphatic rings. The summed E-state index contributed by atoms with van der Waals surface area (Å²) >= 11 is 12.1. The molecule has 0 aliphatic carbocycles. The van der Waals surface area contributed by atoms with Crippen molar-refractivity contribution in [2.75, 3.05) is 19.6 Å². The van der Waals surface area contributed by atoms with Crippen molar-refractivity contribution >= 4 is 40.7 Å². The van der Waals surface area contributed by atoms with E-state index in [9.17, 15) is 14.0 Å². The number of nitrogens with one attached hydrogen (secondary N) is 2. The monoisotopic (exact) mass is 608 g/mol. The lowest BCUT2D eigenvalue weighted by molar-refractivity contribution is -0.123. The summed E-state index contributed by atoms with van der Waals surface area (Å²) in [6, 6.07) is 19.3. The Labute approximate surface area is 256 Å². The normalized spacial score (nSPS) is 16.8. The van der Waals surface area contributed by atoms with Crippen LogP contribution < -0.4 is 10.6 Å². The quantitative estimate of drug-likeness (QED) is 0.284. The average Bonchev–Trinajstić information content (AvgIpc) is 3.36. The Morgan fingerprint density at radius 3 is 2.52 bits per heavy atom. The van der Waals surface area contributed by atoms with Gasteiger partial charge in [0.1, 0.15) is 5.82 Å². The number of rotatable bonds is 10. The number of amides is 2. The van der Waals surface area contributed by atoms with Crippen LogP contribution in [0.15, 0.2) is 71.7 Å². The lowest BCUT2D eigenvalue weighted by atomic mass is 9.89. The molecule has 220 valence electrons. The first-order chi connectivity index (χ1) is 20.2. The third kappa shape index (κ3) is 7.77. The Bertz CT molecular complexity index is 1490. The van der Waals surface area contributed by atoms with Crippen molar-refractivity contribution in [3.63, 3.8) is 0 Å². The molecule has 0 bridgehead atoms. The van der Waals surface area contributed by atoms with Gasteiger partial charge in [0.25, 0.3) is 0 Å². The van der Waals surface area contributed by atoms with E-state index in [4.69, 9.17) is 23.2 Å². The minimum absolute atomic E-state index is 0.0484. The van der Waals surface area contributed by atoms with Crippen molar-refractivity contribution in [1.29, 1.82) is 0 Å². The van der Waals surface area contributed by atoms with Crippen LogP contribution in [-0.4, -0.2) is 47.6 Å². The van der Waals surface area contributed by atoms with Gasteiger partial charge in [-0.25, -0.2) is 4.39 Å². The first-order valence-electron chi connectivity index (χ1n) is 14.3. The fourth-order valence-corrected chi connectivity index (χ4v) is 6.04. The highest BCUT2D eigenvalue weighted by Crippen LogP contribution is 2.26. The fraction of sp³-hybridized carbons (Fsp3) is 0.364. The Morgan fingerprint density at radius 1 is 0.976 bits per heavy atom. The summed E-state index contributed by atoms with van der Waals surface area (Å²) in [5.41, 5.74) is 4.20. The zero-order valence-corrected chi connectivity index (χ0v) is 25.1. The minimum atomic E-state index is -0.329. The Kier molecular flexibility index (Phi) is 9.61. The van der Waals surface area contributed by atoms with E-state index < -0.39 is 0 Å². The average molecular weight is 610 g/mol. The molecule has 2 heterocycles. The highest BCUT2D eigenvalue weighted by atomic mass is 35.5. The van der Waals surface area contributed by atoms with Crippen molar-refractivity contribution in [2.24, 2.45) is 4.99 Å². The number of piperidine rings is 1. The Hall–Kier alpha value is -3.26. The van der Waals surface area contributed by atoms with Crippen LogP contribution in [0.3, 0.4) is 0 Å². The third-order valence-corrected chi connectivity index (χ3v) is 8.91. The van der Waals surface area contributed by atoms with Gasteiger partial charge >= 0.3 is 0 Å². The summed E-state index contributed by atoms with van der Waals surface area (Å²) in [5, 5.41) is 7.26. The van der Waals surface area contributed by atoms with Gasteiger partial charge in [0.15, 0.2) is 0 Å². The van der Waals surface area contributed by atoms with E-state index in [0.717, 1.165) is 60.4 Å². The molecule has 1 fully saturated rings. The smallest absolute Gasteiger partial charge is 0.226 e. The maximum atomic E-state index is 14.1. The van der Waals surface area contributed by atoms with Crippen molar-refractivity contribution < 1.29 is 14.0 Å². The van der Waals surface area contributed by atoms with Crippen molar-refractivity contribution in [3.05, 3.63) is 105 Å². The van der Waals surface area contributed by atoms with E-state index in [0.29, 0.717) is 23.0 Å². The maximum absolute atomic E-state index is 14.1. The SMILES string of the molecule is CC1(NC(=O)Cc2ccc(Cl)c(Cl)c2)CCN(CC[C@H](NC(=O)CC2=NCc3ccccc32)c2cccc(F)c2)CC1. The van der Waals surface area contributed by atoms with Crippen LogP contribution in [0.2, 0.25) is 10.0 Å². The van der Waals surface area contributed by atoms with E-state index in [1.807, 2.05) is 36.4 Å². The summed E-state index contributed by atoms with van der Waals surface area (Å²) < 4.78 is 14.1. The van der Waals surface area contributed by atoms with E-state index >= 15 is 0 Å². The van der Waals surface area contributed by atoms with Gasteiger partial charge in [-0.3, -0.25) is 14.6 Å². The second kappa shape index (κ2) is 13.4. The first kappa shape index (κ1) is 30.2. The van der Waals surface area contributed by atoms with Gasteiger partial charge in [-0.1, -0.05) is 65.7 Å². The minimum Gasteiger partial charge on any atom is -0.351 e. The number of nitrogens with zero attached hydrogens (tertiary/aromatic N) is 2. The summed E-state index contributed by atoms with van der Waals surface area (Å²) in [6.07, 6.45) is 2.67. The third-order valence-electron chi connectivity index (χ3n) is 8.17. The molecule has 2 aliphatic heterocycles. The molecule has 1 atom stereocenters. The number of fused-ring (bicyclic) bond motifs is 1. The van der Waals surface area contributed by atoms with Gasteiger partial charge in [-0.15, -0.1) is 0 Å². The fourth-order valence-electron chi connectivity index (χ4n) is 5.72. The first-order valence-corrected chi connectivity index (χ1v) is 15.1. The standard InChI is InChI=1S/C33H35Cl2FN4O2/c1-33(39-32(42)18-22-9-10-27(34)28(35)17-22)12-15-40(16-13-33)14-11-29(23-6-4-7-25(36)19-23)38-31(41)20-30-26-8-3-2-5-24(26)21-37-30/h2-10,17,19,29H,11-16,18,20-21H2,1H3,(H,38,41)(H,39,42)/t29-/m0/s1. The molecule has 6 nitrogen and oxygen atoms in total. The predicted molar refractivity (Wildman–Crippen MR) is 166 cm³/mol. The number of likely N-dealkylation sites (tertiary alicyclic amines) is 1. The topological polar surface area (TPSA) is 73.8 Å². The molecule has 3 aromatic rings. The van der Waals surface area contributed by atoms with Crippen LogP contribution in [0.5, 0.6) is 0 Å². The largest absolute Gasteiger partial charge is 0.351 e. The molecule has 0 unspecified atom stereocenters. The number of aliphatic imine (C=N–C) groups is 1. The lowest BCUT2D eigenvalue weighted by Crippen LogP contribution is -2.54. The highest BCUT2D eigenvalue weighted by Gasteiger charge is 2.32. The Balaban J connectivity index is 1.14. The van der Waals surface area contributed by atoms with Crippen LogP contribution in [0.4, 0.5) is 4.39 Å². The van der Waals surface area contributed by atoms with Crippen LogP contribution in [0.25, 0.3) is 0 Å². The molecule has 0 aromatic heterocycles. The number of carbonyl (C=O) groups is 2. The molecular weight excluding hydrogens is 574 g/mol. The molecule has 3 aromatic carbocycles. The zero-order valence-electron chi connectivity index (χ0n) is 23.6. The van der Waals surface area contributed by atoms with E-state index in [1.54, 1.807) is 18.2 Å². The van der Waals surface area contributed by atoms with Gasteiger partial charge < -0.3 is 15.5 Å². The van der Waals surface area contributed by atoms with E-state index in [-0.39, 0.29) is 42.1 Å². The van der Waals surface area contributed by atoms with Crippen molar-refractivity contribution in [1.82, 2.24) is 15.5 Å². The summed E-state index contributed by atoms with van der Waals surface area (Å²) in [4.78, 5) is 32.8. The van der Waals surface area contributed by atoms with Crippen LogP contribution in [0.1, 0.15) is 60.9 Å². The number of benzene rings is 3. The van der Waals surface area contributed by atoms with Crippen molar-refractivity contribution in [2.45, 2.75) is 57.2 Å². The molecule has 2 amide bonds. The lowest BCUT2D eigenvalue weighted by Gasteiger charge is -2.40. The molecule has 0 saturated carbocycles. The highest BCUT2D eigenvalue weighted by molar-refractivity contribution is 6.42. The van der Waals surface area contributed by atoms with Crippen LogP contribution >= 0.6 is 23.2 Å². The summed E-state index contributed by atoms with van der Waals surface area (Å²) in [6.45, 7) is 5.02. The molecular formula is C33H35Cl2FN4O2. The van der Waals surface area contributed by atoms with E-state index in [2.05, 4.69) is 27.4 Å². The summed E-state index contributed by atoms with van der Waals surface area (Å²) in [5.74, 6) is -0.505. The zero-order chi connectivity index (χ0) is 29.7. The van der Waals surface area contributed by atoms with E-state index in [1.165, 1.54) is 12.1 Å². The van der Waals surface area contributed by atoms with Crippen LogP contribution in [0, 0.1) is 5.82 Å². The van der Waals surface area contributed by atoms with Gasteiger partial charge in [0.2, 0.25) is 11.8 Å². The molecule has 42 heavy (non-hydrogen) atoms. The molecule has 0 spiro atoms. The number of hydrogen-bond donors (Lipinski definition) is 2. The maximum Gasteiger partial charge on any atom is 0.226 e. The molecule has 5 rings (SSSR count). The second-order valence-electron chi connectivity index (χ2n) is 11.4. The van der Waals surface area contributed by atoms with Gasteiger partial charge in [0, 0.05) is 30.7 Å². The second-order valence-corrected chi connectivity index (χ2v) is 12.3. The predicted octanol–water partition coefficient (Wildman–Crippen LogP) is 6.29. The number of halogens is 3. The molecule has 2 N–H and O–H groups in total. The summed E-state index contributed by atoms with van der Waals surface area (Å²) in [7, 11) is 0. The Morgan fingerprint density at radius 2 is 1.76 bits per heavy atom. The molecule has 9 heteroatoms. The van der Waals surface area contributed by atoms with Gasteiger partial charge in [0.05, 0.1) is 41.2 Å².